The van der Waals surface area contributed by atoms with Gasteiger partial charge in [-0.2, -0.15) is 0 Å². The van der Waals surface area contributed by atoms with Crippen molar-refractivity contribution in [2.45, 2.75) is 62.0 Å². The number of carbonyl (C=O) groups is 1. The zero-order valence-corrected chi connectivity index (χ0v) is 14.5. The molecule has 1 amide bonds. The summed E-state index contributed by atoms with van der Waals surface area (Å²) in [6.45, 7) is 0.804. The molecule has 2 N–H and O–H groups in total. The van der Waals surface area contributed by atoms with E-state index >= 15 is 0 Å². The maximum Gasteiger partial charge on any atom is 0.223 e. The van der Waals surface area contributed by atoms with Gasteiger partial charge < -0.3 is 10.6 Å². The average molecular weight is 334 g/mol. The minimum Gasteiger partial charge on any atom is -0.353 e. The molecule has 0 spiro atoms. The van der Waals surface area contributed by atoms with Crippen molar-refractivity contribution >= 4 is 16.7 Å². The van der Waals surface area contributed by atoms with Crippen LogP contribution in [-0.2, 0) is 22.1 Å². The maximum absolute atomic E-state index is 12.2. The summed E-state index contributed by atoms with van der Waals surface area (Å²) in [5, 5.41) is 6.72. The molecule has 1 aromatic carbocycles. The Balaban J connectivity index is 1.47. The maximum atomic E-state index is 12.2. The lowest BCUT2D eigenvalue weighted by Crippen LogP contribution is -2.40. The fourth-order valence-corrected chi connectivity index (χ4v) is 3.74. The number of benzene rings is 1. The van der Waals surface area contributed by atoms with Crippen LogP contribution in [0.3, 0.4) is 0 Å². The van der Waals surface area contributed by atoms with Crippen LogP contribution in [0.2, 0.25) is 0 Å². The summed E-state index contributed by atoms with van der Waals surface area (Å²) >= 11 is 0. The molecule has 0 aromatic heterocycles. The van der Waals surface area contributed by atoms with Crippen molar-refractivity contribution in [3.63, 3.8) is 0 Å². The van der Waals surface area contributed by atoms with Crippen molar-refractivity contribution in [2.75, 3.05) is 6.26 Å². The zero-order chi connectivity index (χ0) is 16.2. The van der Waals surface area contributed by atoms with E-state index in [1.54, 1.807) is 6.26 Å². The SMILES string of the molecule is CS(=O)c1ccc(CNC2CCCC(C(=O)NC3CC3)C2)cc1. The molecule has 1 aromatic rings. The fourth-order valence-electron chi connectivity index (χ4n) is 3.22. The molecule has 126 valence electrons. The monoisotopic (exact) mass is 334 g/mol. The van der Waals surface area contributed by atoms with Crippen molar-refractivity contribution in [2.24, 2.45) is 5.92 Å². The Morgan fingerprint density at radius 3 is 2.52 bits per heavy atom. The van der Waals surface area contributed by atoms with E-state index in [1.165, 1.54) is 5.56 Å². The summed E-state index contributed by atoms with van der Waals surface area (Å²) in [6.07, 6.45) is 8.22. The average Bonchev–Trinajstić information content (AvgIpc) is 3.37. The summed E-state index contributed by atoms with van der Waals surface area (Å²) in [4.78, 5) is 13.1. The van der Waals surface area contributed by atoms with E-state index < -0.39 is 10.8 Å². The van der Waals surface area contributed by atoms with Crippen LogP contribution in [0, 0.1) is 5.92 Å². The predicted molar refractivity (Wildman–Crippen MR) is 92.5 cm³/mol. The first-order chi connectivity index (χ1) is 11.1. The van der Waals surface area contributed by atoms with Crippen LogP contribution in [0.4, 0.5) is 0 Å². The molecular weight excluding hydrogens is 308 g/mol. The van der Waals surface area contributed by atoms with Crippen LogP contribution < -0.4 is 10.6 Å². The topological polar surface area (TPSA) is 58.2 Å². The van der Waals surface area contributed by atoms with Gasteiger partial charge in [0.15, 0.2) is 0 Å². The summed E-state index contributed by atoms with van der Waals surface area (Å²) in [5.41, 5.74) is 1.20. The highest BCUT2D eigenvalue weighted by atomic mass is 32.2. The zero-order valence-electron chi connectivity index (χ0n) is 13.7. The number of carbonyl (C=O) groups excluding carboxylic acids is 1. The second-order valence-electron chi connectivity index (χ2n) is 6.82. The molecular formula is C18H26N2O2S. The van der Waals surface area contributed by atoms with Gasteiger partial charge in [-0.3, -0.25) is 9.00 Å². The third-order valence-electron chi connectivity index (χ3n) is 4.82. The molecule has 23 heavy (non-hydrogen) atoms. The molecule has 0 radical (unpaired) electrons. The highest BCUT2D eigenvalue weighted by molar-refractivity contribution is 7.84. The van der Waals surface area contributed by atoms with Crippen LogP contribution in [0.15, 0.2) is 29.2 Å². The van der Waals surface area contributed by atoms with Crippen molar-refractivity contribution < 1.29 is 9.00 Å². The Morgan fingerprint density at radius 1 is 1.13 bits per heavy atom. The van der Waals surface area contributed by atoms with Crippen LogP contribution in [0.1, 0.15) is 44.1 Å². The molecule has 0 aliphatic heterocycles. The van der Waals surface area contributed by atoms with Gasteiger partial charge >= 0.3 is 0 Å². The van der Waals surface area contributed by atoms with Gasteiger partial charge in [0.1, 0.15) is 0 Å². The lowest BCUT2D eigenvalue weighted by atomic mass is 9.85. The molecule has 2 fully saturated rings. The van der Waals surface area contributed by atoms with Crippen LogP contribution in [0.5, 0.6) is 0 Å². The molecule has 3 rings (SSSR count). The van der Waals surface area contributed by atoms with Crippen molar-refractivity contribution in [1.29, 1.82) is 0 Å². The second kappa shape index (κ2) is 7.58. The standard InChI is InChI=1S/C18H26N2O2S/c1-23(22)17-9-5-13(6-10-17)12-19-16-4-2-3-14(11-16)18(21)20-15-7-8-15/h5-6,9-10,14-16,19H,2-4,7-8,11-12H2,1H3,(H,20,21). The smallest absolute Gasteiger partial charge is 0.223 e. The lowest BCUT2D eigenvalue weighted by molar-refractivity contribution is -0.126. The van der Waals surface area contributed by atoms with Crippen LogP contribution in [-0.4, -0.2) is 28.5 Å². The van der Waals surface area contributed by atoms with Gasteiger partial charge in [0.25, 0.3) is 0 Å². The van der Waals surface area contributed by atoms with Gasteiger partial charge in [0, 0.05) is 46.5 Å². The van der Waals surface area contributed by atoms with Crippen LogP contribution in [0.25, 0.3) is 0 Å². The van der Waals surface area contributed by atoms with Gasteiger partial charge in [-0.05, 0) is 49.8 Å². The molecule has 3 unspecified atom stereocenters. The van der Waals surface area contributed by atoms with Gasteiger partial charge in [-0.25, -0.2) is 0 Å². The molecule has 2 aliphatic carbocycles. The summed E-state index contributed by atoms with van der Waals surface area (Å²) in [5.74, 6) is 0.431. The predicted octanol–water partition coefficient (Wildman–Crippen LogP) is 2.35. The van der Waals surface area contributed by atoms with Gasteiger partial charge in [0.2, 0.25) is 5.91 Å². The van der Waals surface area contributed by atoms with E-state index in [0.717, 1.165) is 50.0 Å². The largest absolute Gasteiger partial charge is 0.353 e. The van der Waals surface area contributed by atoms with E-state index in [1.807, 2.05) is 24.3 Å². The molecule has 2 saturated carbocycles. The minimum absolute atomic E-state index is 0.173. The number of amides is 1. The summed E-state index contributed by atoms with van der Waals surface area (Å²) in [7, 11) is -0.920. The van der Waals surface area contributed by atoms with E-state index in [9.17, 15) is 9.00 Å². The Labute approximate surface area is 140 Å². The molecule has 0 bridgehead atoms. The van der Waals surface area contributed by atoms with Gasteiger partial charge in [-0.15, -0.1) is 0 Å². The Bertz CT molecular complexity index is 569. The molecule has 2 aliphatic rings. The Kier molecular flexibility index (Phi) is 5.49. The fraction of sp³-hybridized carbons (Fsp3) is 0.611. The van der Waals surface area contributed by atoms with Crippen LogP contribution >= 0.6 is 0 Å². The summed E-state index contributed by atoms with van der Waals surface area (Å²) in [6, 6.07) is 8.80. The number of hydrogen-bond donors (Lipinski definition) is 2. The third-order valence-corrected chi connectivity index (χ3v) is 5.75. The van der Waals surface area contributed by atoms with Gasteiger partial charge in [0.05, 0.1) is 0 Å². The quantitative estimate of drug-likeness (QED) is 0.839. The van der Waals surface area contributed by atoms with Crippen molar-refractivity contribution in [1.82, 2.24) is 10.6 Å². The number of rotatable bonds is 6. The first kappa shape index (κ1) is 16.7. The molecule has 4 nitrogen and oxygen atoms in total. The Morgan fingerprint density at radius 2 is 1.87 bits per heavy atom. The van der Waals surface area contributed by atoms with E-state index in [2.05, 4.69) is 10.6 Å². The number of hydrogen-bond acceptors (Lipinski definition) is 3. The minimum atomic E-state index is -0.920. The lowest BCUT2D eigenvalue weighted by Gasteiger charge is -2.29. The molecule has 0 saturated heterocycles. The summed E-state index contributed by atoms with van der Waals surface area (Å²) < 4.78 is 11.4. The van der Waals surface area contributed by atoms with Crippen molar-refractivity contribution in [3.8, 4) is 0 Å². The van der Waals surface area contributed by atoms with Crippen molar-refractivity contribution in [3.05, 3.63) is 29.8 Å². The van der Waals surface area contributed by atoms with E-state index in [-0.39, 0.29) is 11.8 Å². The number of nitrogens with one attached hydrogen (secondary N) is 2. The molecule has 3 atom stereocenters. The third kappa shape index (κ3) is 4.88. The molecule has 0 heterocycles. The van der Waals surface area contributed by atoms with E-state index in [0.29, 0.717) is 12.1 Å². The highest BCUT2D eigenvalue weighted by Crippen LogP contribution is 2.27. The highest BCUT2D eigenvalue weighted by Gasteiger charge is 2.30. The van der Waals surface area contributed by atoms with Gasteiger partial charge in [-0.1, -0.05) is 18.6 Å². The normalized spacial score (nSPS) is 25.8. The molecule has 5 heteroatoms. The first-order valence-electron chi connectivity index (χ1n) is 8.58. The second-order valence-corrected chi connectivity index (χ2v) is 8.20. The first-order valence-corrected chi connectivity index (χ1v) is 10.1. The Hall–Kier alpha value is -1.20. The van der Waals surface area contributed by atoms with E-state index in [4.69, 9.17) is 0 Å².